The van der Waals surface area contributed by atoms with E-state index in [4.69, 9.17) is 0 Å². The van der Waals surface area contributed by atoms with E-state index in [0.717, 1.165) is 19.3 Å². The molecule has 0 spiro atoms. The van der Waals surface area contributed by atoms with Crippen LogP contribution >= 0.6 is 0 Å². The summed E-state index contributed by atoms with van der Waals surface area (Å²) in [7, 11) is 0. The van der Waals surface area contributed by atoms with Gasteiger partial charge < -0.3 is 15.7 Å². The van der Waals surface area contributed by atoms with Crippen LogP contribution in [-0.4, -0.2) is 23.1 Å². The number of hydrogen-bond acceptors (Lipinski definition) is 2. The summed E-state index contributed by atoms with van der Waals surface area (Å²) >= 11 is 0. The number of rotatable bonds is 4. The molecule has 0 bridgehead atoms. The minimum absolute atomic E-state index is 0.0743. The van der Waals surface area contributed by atoms with Crippen molar-refractivity contribution in [1.82, 2.24) is 10.6 Å². The SMILES string of the molecule is O=C(NC1CC=CCC1)N[C@@H](C(=O)O)c1ccccc1. The van der Waals surface area contributed by atoms with Crippen LogP contribution in [0.15, 0.2) is 42.5 Å². The van der Waals surface area contributed by atoms with Gasteiger partial charge in [0.2, 0.25) is 0 Å². The third-order valence-corrected chi connectivity index (χ3v) is 3.26. The number of carboxylic acid groups (broad SMARTS) is 1. The Balaban J connectivity index is 1.96. The van der Waals surface area contributed by atoms with Crippen LogP contribution in [0, 0.1) is 0 Å². The number of carboxylic acids is 1. The Bertz CT molecular complexity index is 499. The summed E-state index contributed by atoms with van der Waals surface area (Å²) in [5, 5.41) is 14.5. The summed E-state index contributed by atoms with van der Waals surface area (Å²) in [5.74, 6) is -1.07. The van der Waals surface area contributed by atoms with Crippen LogP contribution in [0.4, 0.5) is 4.79 Å². The average molecular weight is 274 g/mol. The van der Waals surface area contributed by atoms with E-state index in [-0.39, 0.29) is 6.04 Å². The number of allylic oxidation sites excluding steroid dienone is 1. The van der Waals surface area contributed by atoms with Gasteiger partial charge in [-0.1, -0.05) is 42.5 Å². The zero-order valence-corrected chi connectivity index (χ0v) is 11.1. The third-order valence-electron chi connectivity index (χ3n) is 3.26. The molecule has 0 radical (unpaired) electrons. The Morgan fingerprint density at radius 3 is 2.55 bits per heavy atom. The minimum Gasteiger partial charge on any atom is -0.479 e. The van der Waals surface area contributed by atoms with Crippen molar-refractivity contribution >= 4 is 12.0 Å². The molecule has 1 aromatic rings. The van der Waals surface area contributed by atoms with E-state index in [2.05, 4.69) is 16.7 Å². The second-order valence-corrected chi connectivity index (χ2v) is 4.78. The highest BCUT2D eigenvalue weighted by atomic mass is 16.4. The van der Waals surface area contributed by atoms with Gasteiger partial charge in [0.1, 0.15) is 0 Å². The van der Waals surface area contributed by atoms with E-state index in [1.54, 1.807) is 30.3 Å². The number of carbonyl (C=O) groups is 2. The summed E-state index contributed by atoms with van der Waals surface area (Å²) in [4.78, 5) is 23.2. The maximum absolute atomic E-state index is 11.9. The highest BCUT2D eigenvalue weighted by Crippen LogP contribution is 2.13. The van der Waals surface area contributed by atoms with Gasteiger partial charge in [-0.15, -0.1) is 0 Å². The topological polar surface area (TPSA) is 78.4 Å². The van der Waals surface area contributed by atoms with E-state index in [0.29, 0.717) is 5.56 Å². The van der Waals surface area contributed by atoms with Crippen LogP contribution in [0.5, 0.6) is 0 Å². The first-order valence-corrected chi connectivity index (χ1v) is 6.66. The van der Waals surface area contributed by atoms with Crippen molar-refractivity contribution in [3.8, 4) is 0 Å². The molecule has 0 aromatic heterocycles. The summed E-state index contributed by atoms with van der Waals surface area (Å²) < 4.78 is 0. The molecule has 1 aliphatic carbocycles. The van der Waals surface area contributed by atoms with Gasteiger partial charge in [-0.25, -0.2) is 9.59 Å². The van der Waals surface area contributed by atoms with Crippen LogP contribution in [0.3, 0.4) is 0 Å². The Kier molecular flexibility index (Phi) is 4.76. The molecule has 106 valence electrons. The van der Waals surface area contributed by atoms with Crippen molar-refractivity contribution in [2.24, 2.45) is 0 Å². The lowest BCUT2D eigenvalue weighted by Gasteiger charge is -2.21. The molecule has 5 heteroatoms. The van der Waals surface area contributed by atoms with E-state index in [9.17, 15) is 14.7 Å². The largest absolute Gasteiger partial charge is 0.479 e. The second kappa shape index (κ2) is 6.75. The third kappa shape index (κ3) is 3.85. The number of amides is 2. The first kappa shape index (κ1) is 14.1. The van der Waals surface area contributed by atoms with Crippen LogP contribution < -0.4 is 10.6 Å². The molecule has 1 unspecified atom stereocenters. The van der Waals surface area contributed by atoms with Crippen molar-refractivity contribution in [2.45, 2.75) is 31.3 Å². The Morgan fingerprint density at radius 2 is 1.95 bits per heavy atom. The number of benzene rings is 1. The van der Waals surface area contributed by atoms with Gasteiger partial charge in [-0.3, -0.25) is 0 Å². The fraction of sp³-hybridized carbons (Fsp3) is 0.333. The molecule has 1 aliphatic rings. The molecular weight excluding hydrogens is 256 g/mol. The van der Waals surface area contributed by atoms with Gasteiger partial charge in [0.15, 0.2) is 6.04 Å². The molecule has 0 saturated carbocycles. The van der Waals surface area contributed by atoms with Crippen LogP contribution in [0.25, 0.3) is 0 Å². The highest BCUT2D eigenvalue weighted by molar-refractivity contribution is 5.83. The number of carbonyl (C=O) groups excluding carboxylic acids is 1. The van der Waals surface area contributed by atoms with Crippen LogP contribution in [0.2, 0.25) is 0 Å². The zero-order chi connectivity index (χ0) is 14.4. The summed E-state index contributed by atoms with van der Waals surface area (Å²) in [6.45, 7) is 0. The van der Waals surface area contributed by atoms with Gasteiger partial charge in [-0.2, -0.15) is 0 Å². The molecule has 20 heavy (non-hydrogen) atoms. The molecular formula is C15H18N2O3. The zero-order valence-electron chi connectivity index (χ0n) is 11.1. The van der Waals surface area contributed by atoms with E-state index < -0.39 is 18.0 Å². The lowest BCUT2D eigenvalue weighted by atomic mass is 10.0. The monoisotopic (exact) mass is 274 g/mol. The van der Waals surface area contributed by atoms with Gasteiger partial charge in [-0.05, 0) is 24.8 Å². The average Bonchev–Trinajstić information content (AvgIpc) is 2.46. The van der Waals surface area contributed by atoms with E-state index in [1.165, 1.54) is 0 Å². The van der Waals surface area contributed by atoms with E-state index in [1.807, 2.05) is 6.08 Å². The Morgan fingerprint density at radius 1 is 1.20 bits per heavy atom. The number of urea groups is 1. The van der Waals surface area contributed by atoms with Gasteiger partial charge >= 0.3 is 12.0 Å². The molecule has 3 N–H and O–H groups in total. The maximum Gasteiger partial charge on any atom is 0.330 e. The lowest BCUT2D eigenvalue weighted by molar-refractivity contribution is -0.139. The fourth-order valence-corrected chi connectivity index (χ4v) is 2.22. The van der Waals surface area contributed by atoms with Gasteiger partial charge in [0.05, 0.1) is 0 Å². The summed E-state index contributed by atoms with van der Waals surface area (Å²) in [6.07, 6.45) is 6.72. The van der Waals surface area contributed by atoms with Crippen molar-refractivity contribution < 1.29 is 14.7 Å². The molecule has 0 fully saturated rings. The standard InChI is InChI=1S/C15H18N2O3/c18-14(19)13(11-7-3-1-4-8-11)17-15(20)16-12-9-5-2-6-10-12/h1-5,7-8,12-13H,6,9-10H2,(H,18,19)(H2,16,17,20)/t12?,13-/m1/s1. The molecule has 2 rings (SSSR count). The van der Waals surface area contributed by atoms with Gasteiger partial charge in [0, 0.05) is 6.04 Å². The van der Waals surface area contributed by atoms with Crippen molar-refractivity contribution in [2.75, 3.05) is 0 Å². The normalized spacial score (nSPS) is 19.1. The first-order chi connectivity index (χ1) is 9.66. The molecule has 0 aliphatic heterocycles. The predicted molar refractivity (Wildman–Crippen MR) is 75.3 cm³/mol. The smallest absolute Gasteiger partial charge is 0.330 e. The molecule has 5 nitrogen and oxygen atoms in total. The van der Waals surface area contributed by atoms with Crippen molar-refractivity contribution in [3.05, 3.63) is 48.0 Å². The fourth-order valence-electron chi connectivity index (χ4n) is 2.22. The Hall–Kier alpha value is -2.30. The van der Waals surface area contributed by atoms with Crippen LogP contribution in [-0.2, 0) is 4.79 Å². The van der Waals surface area contributed by atoms with Crippen molar-refractivity contribution in [3.63, 3.8) is 0 Å². The quantitative estimate of drug-likeness (QED) is 0.737. The second-order valence-electron chi connectivity index (χ2n) is 4.78. The summed E-state index contributed by atoms with van der Waals surface area (Å²) in [6, 6.07) is 7.26. The number of aliphatic carboxylic acids is 1. The highest BCUT2D eigenvalue weighted by Gasteiger charge is 2.23. The minimum atomic E-state index is -1.07. The number of hydrogen-bond donors (Lipinski definition) is 3. The van der Waals surface area contributed by atoms with Gasteiger partial charge in [0.25, 0.3) is 0 Å². The molecule has 2 amide bonds. The van der Waals surface area contributed by atoms with E-state index >= 15 is 0 Å². The predicted octanol–water partition coefficient (Wildman–Crippen LogP) is 2.22. The molecule has 0 heterocycles. The Labute approximate surface area is 117 Å². The first-order valence-electron chi connectivity index (χ1n) is 6.66. The molecule has 1 aromatic carbocycles. The summed E-state index contributed by atoms with van der Waals surface area (Å²) in [5.41, 5.74) is 0.554. The molecule has 0 saturated heterocycles. The number of nitrogens with one attached hydrogen (secondary N) is 2. The van der Waals surface area contributed by atoms with Crippen molar-refractivity contribution in [1.29, 1.82) is 0 Å². The maximum atomic E-state index is 11.9. The lowest BCUT2D eigenvalue weighted by Crippen LogP contribution is -2.45. The molecule has 2 atom stereocenters. The van der Waals surface area contributed by atoms with Crippen LogP contribution in [0.1, 0.15) is 30.9 Å².